The lowest BCUT2D eigenvalue weighted by molar-refractivity contribution is -0.130. The number of benzene rings is 1. The molecule has 1 atom stereocenters. The minimum atomic E-state index is 0.200. The van der Waals surface area contributed by atoms with Crippen molar-refractivity contribution < 1.29 is 9.53 Å². The number of carbonyl (C=O) groups is 1. The molecule has 1 aliphatic heterocycles. The minimum Gasteiger partial charge on any atom is -0.372 e. The molecule has 1 aromatic carbocycles. The molecule has 2 rings (SSSR count). The first-order valence-corrected chi connectivity index (χ1v) is 6.23. The van der Waals surface area contributed by atoms with Crippen LogP contribution in [0.25, 0.3) is 0 Å². The van der Waals surface area contributed by atoms with Crippen LogP contribution in [0.15, 0.2) is 30.3 Å². The van der Waals surface area contributed by atoms with Gasteiger partial charge >= 0.3 is 0 Å². The van der Waals surface area contributed by atoms with Gasteiger partial charge in [-0.05, 0) is 12.0 Å². The molecule has 0 saturated carbocycles. The molecule has 3 heteroatoms. The van der Waals surface area contributed by atoms with Gasteiger partial charge in [-0.1, -0.05) is 37.3 Å². The Hall–Kier alpha value is -1.35. The first-order valence-electron chi connectivity index (χ1n) is 6.23. The molecule has 0 radical (unpaired) electrons. The molecule has 1 fully saturated rings. The Morgan fingerprint density at radius 1 is 1.41 bits per heavy atom. The third kappa shape index (κ3) is 3.30. The average Bonchev–Trinajstić information content (AvgIpc) is 2.85. The fourth-order valence-electron chi connectivity index (χ4n) is 2.10. The number of amides is 1. The lowest BCUT2D eigenvalue weighted by atomic mass is 10.2. The van der Waals surface area contributed by atoms with Crippen LogP contribution in [0.5, 0.6) is 0 Å². The molecular formula is C14H19NO2. The molecule has 0 aliphatic carbocycles. The summed E-state index contributed by atoms with van der Waals surface area (Å²) >= 11 is 0. The second-order valence-electron chi connectivity index (χ2n) is 4.40. The molecular weight excluding hydrogens is 214 g/mol. The Morgan fingerprint density at radius 3 is 2.88 bits per heavy atom. The van der Waals surface area contributed by atoms with E-state index in [1.807, 2.05) is 30.0 Å². The van der Waals surface area contributed by atoms with E-state index in [2.05, 4.69) is 12.1 Å². The number of carbonyl (C=O) groups excluding carboxylic acids is 1. The highest BCUT2D eigenvalue weighted by Crippen LogP contribution is 2.15. The summed E-state index contributed by atoms with van der Waals surface area (Å²) in [5, 5.41) is 0. The highest BCUT2D eigenvalue weighted by Gasteiger charge is 2.25. The van der Waals surface area contributed by atoms with Crippen molar-refractivity contribution in [2.45, 2.75) is 32.5 Å². The first kappa shape index (κ1) is 12.1. The van der Waals surface area contributed by atoms with Gasteiger partial charge in [0, 0.05) is 19.5 Å². The van der Waals surface area contributed by atoms with Crippen LogP contribution in [0.3, 0.4) is 0 Å². The summed E-state index contributed by atoms with van der Waals surface area (Å²) in [7, 11) is 0. The van der Waals surface area contributed by atoms with Crippen LogP contribution in [0.2, 0.25) is 0 Å². The van der Waals surface area contributed by atoms with E-state index in [0.29, 0.717) is 13.0 Å². The highest BCUT2D eigenvalue weighted by atomic mass is 16.5. The van der Waals surface area contributed by atoms with Gasteiger partial charge in [-0.25, -0.2) is 0 Å². The summed E-state index contributed by atoms with van der Waals surface area (Å²) < 4.78 is 5.82. The van der Waals surface area contributed by atoms with E-state index in [9.17, 15) is 4.79 Å². The van der Waals surface area contributed by atoms with Crippen LogP contribution < -0.4 is 0 Å². The molecule has 1 aromatic rings. The summed E-state index contributed by atoms with van der Waals surface area (Å²) in [4.78, 5) is 13.4. The van der Waals surface area contributed by atoms with Crippen molar-refractivity contribution >= 4 is 5.91 Å². The smallest absolute Gasteiger partial charge is 0.222 e. The predicted molar refractivity (Wildman–Crippen MR) is 66.5 cm³/mol. The molecule has 3 nitrogen and oxygen atoms in total. The van der Waals surface area contributed by atoms with Crippen molar-refractivity contribution in [3.05, 3.63) is 35.9 Å². The van der Waals surface area contributed by atoms with E-state index in [-0.39, 0.29) is 12.0 Å². The van der Waals surface area contributed by atoms with Gasteiger partial charge in [-0.2, -0.15) is 0 Å². The van der Waals surface area contributed by atoms with Crippen molar-refractivity contribution in [1.82, 2.24) is 4.90 Å². The van der Waals surface area contributed by atoms with E-state index >= 15 is 0 Å². The molecule has 1 unspecified atom stereocenters. The van der Waals surface area contributed by atoms with E-state index in [0.717, 1.165) is 19.5 Å². The Labute approximate surface area is 102 Å². The average molecular weight is 233 g/mol. The van der Waals surface area contributed by atoms with E-state index < -0.39 is 0 Å². The molecule has 1 heterocycles. The highest BCUT2D eigenvalue weighted by molar-refractivity contribution is 5.76. The minimum absolute atomic E-state index is 0.200. The molecule has 0 aromatic heterocycles. The number of hydrogen-bond acceptors (Lipinski definition) is 2. The topological polar surface area (TPSA) is 29.5 Å². The molecule has 1 aliphatic rings. The molecule has 1 amide bonds. The van der Waals surface area contributed by atoms with E-state index in [1.165, 1.54) is 5.56 Å². The Morgan fingerprint density at radius 2 is 2.18 bits per heavy atom. The molecule has 92 valence electrons. The summed E-state index contributed by atoms with van der Waals surface area (Å²) in [5.41, 5.74) is 1.19. The number of likely N-dealkylation sites (tertiary alicyclic amines) is 1. The third-order valence-electron chi connectivity index (χ3n) is 3.13. The van der Waals surface area contributed by atoms with Gasteiger partial charge in [0.25, 0.3) is 0 Å². The van der Waals surface area contributed by atoms with Crippen molar-refractivity contribution in [2.75, 3.05) is 13.1 Å². The van der Waals surface area contributed by atoms with Crippen LogP contribution in [0, 0.1) is 0 Å². The quantitative estimate of drug-likeness (QED) is 0.798. The number of ether oxygens (including phenoxy) is 1. The van der Waals surface area contributed by atoms with Crippen LogP contribution in [-0.4, -0.2) is 30.0 Å². The van der Waals surface area contributed by atoms with Gasteiger partial charge in [0.05, 0.1) is 12.7 Å². The lowest BCUT2D eigenvalue weighted by Gasteiger charge is -2.15. The standard InChI is InChI=1S/C14H19NO2/c1-2-14(16)15-9-8-13(10-15)17-11-12-6-4-3-5-7-12/h3-7,13H,2,8-11H2,1H3. The first-order chi connectivity index (χ1) is 8.29. The largest absolute Gasteiger partial charge is 0.372 e. The number of nitrogens with zero attached hydrogens (tertiary/aromatic N) is 1. The summed E-state index contributed by atoms with van der Waals surface area (Å²) in [6.07, 6.45) is 1.75. The Bertz CT molecular complexity index is 364. The zero-order valence-corrected chi connectivity index (χ0v) is 10.3. The van der Waals surface area contributed by atoms with Gasteiger partial charge < -0.3 is 9.64 Å². The van der Waals surface area contributed by atoms with Gasteiger partial charge in [-0.15, -0.1) is 0 Å². The lowest BCUT2D eigenvalue weighted by Crippen LogP contribution is -2.29. The predicted octanol–water partition coefficient (Wildman–Crippen LogP) is 2.21. The maximum atomic E-state index is 11.5. The van der Waals surface area contributed by atoms with Crippen LogP contribution in [0.4, 0.5) is 0 Å². The molecule has 0 N–H and O–H groups in total. The molecule has 17 heavy (non-hydrogen) atoms. The van der Waals surface area contributed by atoms with Crippen molar-refractivity contribution in [3.63, 3.8) is 0 Å². The van der Waals surface area contributed by atoms with Gasteiger partial charge in [0.2, 0.25) is 5.91 Å². The molecule has 0 spiro atoms. The summed E-state index contributed by atoms with van der Waals surface area (Å²) in [5.74, 6) is 0.232. The zero-order chi connectivity index (χ0) is 12.1. The fourth-order valence-corrected chi connectivity index (χ4v) is 2.10. The van der Waals surface area contributed by atoms with Gasteiger partial charge in [0.15, 0.2) is 0 Å². The summed E-state index contributed by atoms with van der Waals surface area (Å²) in [6, 6.07) is 10.1. The molecule has 0 bridgehead atoms. The van der Waals surface area contributed by atoms with Crippen molar-refractivity contribution in [3.8, 4) is 0 Å². The van der Waals surface area contributed by atoms with Gasteiger partial charge in [0.1, 0.15) is 0 Å². The molecule has 1 saturated heterocycles. The second-order valence-corrected chi connectivity index (χ2v) is 4.40. The second kappa shape index (κ2) is 5.82. The normalized spacial score (nSPS) is 19.6. The van der Waals surface area contributed by atoms with Gasteiger partial charge in [-0.3, -0.25) is 4.79 Å². The maximum Gasteiger partial charge on any atom is 0.222 e. The zero-order valence-electron chi connectivity index (χ0n) is 10.3. The van der Waals surface area contributed by atoms with Crippen molar-refractivity contribution in [1.29, 1.82) is 0 Å². The van der Waals surface area contributed by atoms with Crippen molar-refractivity contribution in [2.24, 2.45) is 0 Å². The van der Waals surface area contributed by atoms with Crippen LogP contribution in [0.1, 0.15) is 25.3 Å². The Balaban J connectivity index is 1.77. The SMILES string of the molecule is CCC(=O)N1CCC(OCc2ccccc2)C1. The Kier molecular flexibility index (Phi) is 4.15. The maximum absolute atomic E-state index is 11.5. The van der Waals surface area contributed by atoms with Crippen LogP contribution in [-0.2, 0) is 16.1 Å². The summed E-state index contributed by atoms with van der Waals surface area (Å²) in [6.45, 7) is 4.13. The van der Waals surface area contributed by atoms with Crippen LogP contribution >= 0.6 is 0 Å². The monoisotopic (exact) mass is 233 g/mol. The van der Waals surface area contributed by atoms with E-state index in [1.54, 1.807) is 0 Å². The van der Waals surface area contributed by atoms with E-state index in [4.69, 9.17) is 4.74 Å². The third-order valence-corrected chi connectivity index (χ3v) is 3.13. The fraction of sp³-hybridized carbons (Fsp3) is 0.500. The number of rotatable bonds is 4. The number of hydrogen-bond donors (Lipinski definition) is 0.